The Hall–Kier alpha value is -0.810. The van der Waals surface area contributed by atoms with Crippen LogP contribution in [0.25, 0.3) is 0 Å². The molecule has 1 aromatic rings. The van der Waals surface area contributed by atoms with E-state index < -0.39 is 26.5 Å². The highest BCUT2D eigenvalue weighted by atomic mass is 31.2. The summed E-state index contributed by atoms with van der Waals surface area (Å²) < 4.78 is 48.8. The third kappa shape index (κ3) is 7.22. The SMILES string of the molecule is CCOP(=O)(OCC)C(CC(C=O)Cc1ccccc1)P(=O)(OCC)OCC. The van der Waals surface area contributed by atoms with Gasteiger partial charge in [0.05, 0.1) is 26.4 Å². The Labute approximate surface area is 168 Å². The van der Waals surface area contributed by atoms with Gasteiger partial charge in [-0.05, 0) is 46.1 Å². The molecule has 1 rings (SSSR count). The fourth-order valence-electron chi connectivity index (χ4n) is 2.94. The molecule has 1 atom stereocenters. The number of carbonyl (C=O) groups excluding carboxylic acids is 1. The molecule has 0 aromatic heterocycles. The molecule has 160 valence electrons. The minimum Gasteiger partial charge on any atom is -0.308 e. The van der Waals surface area contributed by atoms with E-state index in [1.165, 1.54) is 0 Å². The molecule has 9 heteroatoms. The Morgan fingerprint density at radius 1 is 0.821 bits per heavy atom. The summed E-state index contributed by atoms with van der Waals surface area (Å²) >= 11 is 0. The Bertz CT molecular complexity index is 616. The van der Waals surface area contributed by atoms with Gasteiger partial charge in [-0.15, -0.1) is 0 Å². The van der Waals surface area contributed by atoms with Crippen LogP contribution in [0.4, 0.5) is 0 Å². The van der Waals surface area contributed by atoms with Gasteiger partial charge < -0.3 is 22.9 Å². The summed E-state index contributed by atoms with van der Waals surface area (Å²) in [7, 11) is -7.71. The first-order valence-corrected chi connectivity index (χ1v) is 12.9. The van der Waals surface area contributed by atoms with Crippen molar-refractivity contribution in [2.75, 3.05) is 26.4 Å². The highest BCUT2D eigenvalue weighted by molar-refractivity contribution is 7.72. The zero-order valence-corrected chi connectivity index (χ0v) is 18.9. The van der Waals surface area contributed by atoms with Crippen LogP contribution in [-0.4, -0.2) is 38.1 Å². The molecule has 0 N–H and O–H groups in total. The van der Waals surface area contributed by atoms with Crippen molar-refractivity contribution in [3.63, 3.8) is 0 Å². The van der Waals surface area contributed by atoms with Crippen LogP contribution >= 0.6 is 15.2 Å². The molecule has 28 heavy (non-hydrogen) atoms. The zero-order chi connectivity index (χ0) is 21.0. The van der Waals surface area contributed by atoms with Gasteiger partial charge in [0.25, 0.3) is 0 Å². The van der Waals surface area contributed by atoms with Crippen molar-refractivity contribution in [2.24, 2.45) is 5.92 Å². The first-order chi connectivity index (χ1) is 13.4. The van der Waals surface area contributed by atoms with E-state index in [2.05, 4.69) is 0 Å². The Balaban J connectivity index is 3.28. The van der Waals surface area contributed by atoms with Gasteiger partial charge in [-0.1, -0.05) is 30.3 Å². The van der Waals surface area contributed by atoms with Crippen LogP contribution in [0, 0.1) is 5.92 Å². The summed E-state index contributed by atoms with van der Waals surface area (Å²) in [5.41, 5.74) is 0.948. The molecule has 0 aliphatic rings. The summed E-state index contributed by atoms with van der Waals surface area (Å²) in [6.45, 7) is 7.14. The average molecular weight is 434 g/mol. The first-order valence-electron chi connectivity index (χ1n) is 9.65. The lowest BCUT2D eigenvalue weighted by Gasteiger charge is -2.32. The first kappa shape index (κ1) is 25.2. The van der Waals surface area contributed by atoms with Gasteiger partial charge in [0, 0.05) is 5.92 Å². The number of carbonyl (C=O) groups is 1. The molecule has 0 heterocycles. The van der Waals surface area contributed by atoms with Gasteiger partial charge >= 0.3 is 15.2 Å². The lowest BCUT2D eigenvalue weighted by Crippen LogP contribution is -2.22. The number of hydrogen-bond donors (Lipinski definition) is 0. The third-order valence-electron chi connectivity index (χ3n) is 4.01. The fourth-order valence-corrected chi connectivity index (χ4v) is 8.47. The molecular formula is C19H32O7P2. The van der Waals surface area contributed by atoms with E-state index in [0.717, 1.165) is 11.8 Å². The molecule has 0 radical (unpaired) electrons. The van der Waals surface area contributed by atoms with Crippen LogP contribution < -0.4 is 0 Å². The Kier molecular flexibility index (Phi) is 11.4. The predicted molar refractivity (Wildman–Crippen MR) is 110 cm³/mol. The van der Waals surface area contributed by atoms with Crippen molar-refractivity contribution in [1.82, 2.24) is 0 Å². The van der Waals surface area contributed by atoms with Crippen molar-refractivity contribution in [2.45, 2.75) is 45.9 Å². The third-order valence-corrected chi connectivity index (χ3v) is 10.1. The van der Waals surface area contributed by atoms with Gasteiger partial charge in [-0.3, -0.25) is 9.13 Å². The summed E-state index contributed by atoms with van der Waals surface area (Å²) in [4.78, 5) is 11.8. The fraction of sp³-hybridized carbons (Fsp3) is 0.632. The van der Waals surface area contributed by atoms with Gasteiger partial charge in [0.15, 0.2) is 5.40 Å². The smallest absolute Gasteiger partial charge is 0.308 e. The molecule has 0 amide bonds. The van der Waals surface area contributed by atoms with E-state index in [1.807, 2.05) is 30.3 Å². The van der Waals surface area contributed by atoms with Crippen molar-refractivity contribution >= 4 is 21.5 Å². The normalized spacial score (nSPS) is 13.6. The minimum absolute atomic E-state index is 0.00689. The standard InChI is InChI=1S/C19H32O7P2/c1-5-23-27(21,24-6-2)19(28(22,25-7-3)26-8-4)15-18(16-20)14-17-12-10-9-11-13-17/h9-13,16,18-19H,5-8,14-15H2,1-4H3. The molecule has 1 unspecified atom stereocenters. The van der Waals surface area contributed by atoms with Crippen molar-refractivity contribution in [3.8, 4) is 0 Å². The van der Waals surface area contributed by atoms with Crippen LogP contribution in [0.2, 0.25) is 0 Å². The van der Waals surface area contributed by atoms with Crippen molar-refractivity contribution < 1.29 is 32.0 Å². The largest absolute Gasteiger partial charge is 0.345 e. The lowest BCUT2D eigenvalue weighted by atomic mass is 9.98. The lowest BCUT2D eigenvalue weighted by molar-refractivity contribution is -0.111. The van der Waals surface area contributed by atoms with Gasteiger partial charge in [0.1, 0.15) is 6.29 Å². The maximum atomic E-state index is 13.5. The average Bonchev–Trinajstić information content (AvgIpc) is 2.66. The van der Waals surface area contributed by atoms with Crippen LogP contribution in [0.15, 0.2) is 30.3 Å². The number of aldehydes is 1. The highest BCUT2D eigenvalue weighted by Gasteiger charge is 2.51. The molecule has 0 aliphatic heterocycles. The van der Waals surface area contributed by atoms with Crippen LogP contribution in [0.3, 0.4) is 0 Å². The van der Waals surface area contributed by atoms with Crippen LogP contribution in [0.1, 0.15) is 39.7 Å². The second kappa shape index (κ2) is 12.7. The number of rotatable bonds is 15. The van der Waals surface area contributed by atoms with E-state index >= 15 is 0 Å². The molecule has 0 fully saturated rings. The minimum atomic E-state index is -3.85. The van der Waals surface area contributed by atoms with Crippen LogP contribution in [-0.2, 0) is 38.4 Å². The number of hydrogen-bond acceptors (Lipinski definition) is 7. The van der Waals surface area contributed by atoms with Crippen molar-refractivity contribution in [1.29, 1.82) is 0 Å². The van der Waals surface area contributed by atoms with E-state index in [9.17, 15) is 13.9 Å². The van der Waals surface area contributed by atoms with Gasteiger partial charge in [-0.25, -0.2) is 0 Å². The highest BCUT2D eigenvalue weighted by Crippen LogP contribution is 2.71. The topological polar surface area (TPSA) is 88.1 Å². The van der Waals surface area contributed by atoms with Gasteiger partial charge in [-0.2, -0.15) is 0 Å². The summed E-state index contributed by atoms with van der Waals surface area (Å²) in [5.74, 6) is -0.545. The molecule has 7 nitrogen and oxygen atoms in total. The monoisotopic (exact) mass is 434 g/mol. The zero-order valence-electron chi connectivity index (χ0n) is 17.1. The molecule has 0 saturated carbocycles. The Morgan fingerprint density at radius 2 is 1.25 bits per heavy atom. The van der Waals surface area contributed by atoms with E-state index in [4.69, 9.17) is 18.1 Å². The molecule has 0 spiro atoms. The van der Waals surface area contributed by atoms with Gasteiger partial charge in [0.2, 0.25) is 0 Å². The molecule has 0 aliphatic carbocycles. The maximum absolute atomic E-state index is 13.5. The van der Waals surface area contributed by atoms with E-state index in [1.54, 1.807) is 27.7 Å². The molecule has 1 aromatic carbocycles. The van der Waals surface area contributed by atoms with Crippen molar-refractivity contribution in [3.05, 3.63) is 35.9 Å². The summed E-state index contributed by atoms with van der Waals surface area (Å²) in [6.07, 6.45) is 1.20. The Morgan fingerprint density at radius 3 is 1.61 bits per heavy atom. The van der Waals surface area contributed by atoms with E-state index in [-0.39, 0.29) is 32.8 Å². The van der Waals surface area contributed by atoms with Crippen LogP contribution in [0.5, 0.6) is 0 Å². The quantitative estimate of drug-likeness (QED) is 0.274. The second-order valence-electron chi connectivity index (χ2n) is 6.05. The summed E-state index contributed by atoms with van der Waals surface area (Å²) in [5, 5.41) is -1.18. The molecule has 0 bridgehead atoms. The van der Waals surface area contributed by atoms with E-state index in [0.29, 0.717) is 6.42 Å². The summed E-state index contributed by atoms with van der Waals surface area (Å²) in [6, 6.07) is 9.46. The molecular weight excluding hydrogens is 402 g/mol. The molecule has 0 saturated heterocycles. The number of benzene rings is 1. The maximum Gasteiger partial charge on any atom is 0.345 e. The second-order valence-corrected chi connectivity index (χ2v) is 10.9. The predicted octanol–water partition coefficient (Wildman–Crippen LogP) is 5.29.